The molecule has 1 aromatic heterocycles. The van der Waals surface area contributed by atoms with Crippen LogP contribution in [0.4, 0.5) is 11.4 Å². The summed E-state index contributed by atoms with van der Waals surface area (Å²) in [5.41, 5.74) is 2.65. The van der Waals surface area contributed by atoms with E-state index >= 15 is 0 Å². The molecule has 0 spiro atoms. The zero-order valence-electron chi connectivity index (χ0n) is 13.6. The molecule has 5 nitrogen and oxygen atoms in total. The van der Waals surface area contributed by atoms with E-state index in [9.17, 15) is 9.59 Å². The standard InChI is InChI=1S/C18H21N3O2/c1-12(2)11-20-18(23)17-10-16(8-9-19-17)21-15-6-4-14(5-7-15)13(3)22/h4-10,12H,11H2,1-3H3,(H,19,21)(H,20,23). The van der Waals surface area contributed by atoms with Crippen molar-refractivity contribution in [1.29, 1.82) is 0 Å². The van der Waals surface area contributed by atoms with E-state index in [-0.39, 0.29) is 11.7 Å². The molecule has 0 aliphatic heterocycles. The van der Waals surface area contributed by atoms with Crippen molar-refractivity contribution in [3.05, 3.63) is 53.9 Å². The van der Waals surface area contributed by atoms with Crippen LogP contribution in [0.15, 0.2) is 42.6 Å². The van der Waals surface area contributed by atoms with Gasteiger partial charge >= 0.3 is 0 Å². The summed E-state index contributed by atoms with van der Waals surface area (Å²) < 4.78 is 0. The molecule has 0 bridgehead atoms. The first-order chi connectivity index (χ1) is 11.0. The van der Waals surface area contributed by atoms with E-state index in [1.54, 1.807) is 30.5 Å². The van der Waals surface area contributed by atoms with Crippen molar-refractivity contribution in [2.24, 2.45) is 5.92 Å². The molecule has 1 amide bonds. The van der Waals surface area contributed by atoms with Gasteiger partial charge in [0.25, 0.3) is 5.91 Å². The van der Waals surface area contributed by atoms with Gasteiger partial charge < -0.3 is 10.6 Å². The van der Waals surface area contributed by atoms with Gasteiger partial charge in [-0.1, -0.05) is 13.8 Å². The maximum absolute atomic E-state index is 12.0. The van der Waals surface area contributed by atoms with Gasteiger partial charge in [0.1, 0.15) is 5.69 Å². The lowest BCUT2D eigenvalue weighted by atomic mass is 10.1. The van der Waals surface area contributed by atoms with Crippen LogP contribution in [0.5, 0.6) is 0 Å². The van der Waals surface area contributed by atoms with Gasteiger partial charge in [0.2, 0.25) is 0 Å². The van der Waals surface area contributed by atoms with Crippen LogP contribution in [0.2, 0.25) is 0 Å². The SMILES string of the molecule is CC(=O)c1ccc(Nc2ccnc(C(=O)NCC(C)C)c2)cc1. The molecule has 0 radical (unpaired) electrons. The Bertz CT molecular complexity index is 694. The Labute approximate surface area is 136 Å². The molecule has 0 unspecified atom stereocenters. The van der Waals surface area contributed by atoms with Crippen LogP contribution in [0.1, 0.15) is 41.6 Å². The second kappa shape index (κ2) is 7.54. The smallest absolute Gasteiger partial charge is 0.269 e. The third-order valence-electron chi connectivity index (χ3n) is 3.24. The van der Waals surface area contributed by atoms with Crippen molar-refractivity contribution in [3.8, 4) is 0 Å². The fourth-order valence-corrected chi connectivity index (χ4v) is 1.97. The average Bonchev–Trinajstić information content (AvgIpc) is 2.53. The number of pyridine rings is 1. The Morgan fingerprint density at radius 3 is 2.39 bits per heavy atom. The molecule has 2 rings (SSSR count). The number of nitrogens with zero attached hydrogens (tertiary/aromatic N) is 1. The number of carbonyl (C=O) groups is 2. The van der Waals surface area contributed by atoms with E-state index in [1.165, 1.54) is 6.92 Å². The number of rotatable bonds is 6. The first kappa shape index (κ1) is 16.7. The Balaban J connectivity index is 2.07. The molecular weight excluding hydrogens is 290 g/mol. The maximum Gasteiger partial charge on any atom is 0.269 e. The van der Waals surface area contributed by atoms with Crippen molar-refractivity contribution in [2.75, 3.05) is 11.9 Å². The summed E-state index contributed by atoms with van der Waals surface area (Å²) in [6, 6.07) is 10.7. The van der Waals surface area contributed by atoms with Crippen LogP contribution in [-0.2, 0) is 0 Å². The maximum atomic E-state index is 12.0. The van der Waals surface area contributed by atoms with Gasteiger partial charge in [-0.2, -0.15) is 0 Å². The van der Waals surface area contributed by atoms with Gasteiger partial charge in [0, 0.05) is 29.7 Å². The monoisotopic (exact) mass is 311 g/mol. The first-order valence-corrected chi connectivity index (χ1v) is 7.58. The van der Waals surface area contributed by atoms with E-state index in [1.807, 2.05) is 26.0 Å². The zero-order valence-corrected chi connectivity index (χ0v) is 13.6. The number of aromatic nitrogens is 1. The van der Waals surface area contributed by atoms with E-state index in [4.69, 9.17) is 0 Å². The molecule has 1 aromatic carbocycles. The molecule has 0 fully saturated rings. The number of anilines is 2. The first-order valence-electron chi connectivity index (χ1n) is 7.58. The lowest BCUT2D eigenvalue weighted by molar-refractivity contribution is 0.0943. The van der Waals surface area contributed by atoms with Crippen molar-refractivity contribution in [3.63, 3.8) is 0 Å². The van der Waals surface area contributed by atoms with Crippen molar-refractivity contribution < 1.29 is 9.59 Å². The van der Waals surface area contributed by atoms with Gasteiger partial charge in [0.15, 0.2) is 5.78 Å². The van der Waals surface area contributed by atoms with Crippen LogP contribution >= 0.6 is 0 Å². The number of Topliss-reactive ketones (excluding diaryl/α,β-unsaturated/α-hetero) is 1. The normalized spacial score (nSPS) is 10.4. The summed E-state index contributed by atoms with van der Waals surface area (Å²) in [7, 11) is 0. The Morgan fingerprint density at radius 1 is 1.09 bits per heavy atom. The van der Waals surface area contributed by atoms with Gasteiger partial charge in [-0.25, -0.2) is 0 Å². The molecule has 2 N–H and O–H groups in total. The quantitative estimate of drug-likeness (QED) is 0.802. The number of hydrogen-bond donors (Lipinski definition) is 2. The fraction of sp³-hybridized carbons (Fsp3) is 0.278. The van der Waals surface area contributed by atoms with Crippen LogP contribution in [0.3, 0.4) is 0 Å². The largest absolute Gasteiger partial charge is 0.355 e. The predicted octanol–water partition coefficient (Wildman–Crippen LogP) is 3.41. The van der Waals surface area contributed by atoms with Crippen LogP contribution in [0, 0.1) is 5.92 Å². The molecule has 2 aromatic rings. The molecule has 0 aliphatic carbocycles. The number of carbonyl (C=O) groups excluding carboxylic acids is 2. The average molecular weight is 311 g/mol. The number of amides is 1. The lowest BCUT2D eigenvalue weighted by Gasteiger charge is -2.10. The van der Waals surface area contributed by atoms with Gasteiger partial charge in [-0.05, 0) is 49.2 Å². The minimum absolute atomic E-state index is 0.0320. The van der Waals surface area contributed by atoms with Crippen molar-refractivity contribution >= 4 is 23.1 Å². The van der Waals surface area contributed by atoms with E-state index < -0.39 is 0 Å². The molecule has 0 saturated carbocycles. The Kier molecular flexibility index (Phi) is 5.46. The fourth-order valence-electron chi connectivity index (χ4n) is 1.97. The minimum Gasteiger partial charge on any atom is -0.355 e. The summed E-state index contributed by atoms with van der Waals surface area (Å²) in [5.74, 6) is 0.235. The summed E-state index contributed by atoms with van der Waals surface area (Å²) in [5, 5.41) is 6.04. The molecule has 5 heteroatoms. The second-order valence-electron chi connectivity index (χ2n) is 5.79. The number of ketones is 1. The van der Waals surface area contributed by atoms with Crippen molar-refractivity contribution in [1.82, 2.24) is 10.3 Å². The lowest BCUT2D eigenvalue weighted by Crippen LogP contribution is -2.28. The number of benzene rings is 1. The highest BCUT2D eigenvalue weighted by Crippen LogP contribution is 2.17. The Morgan fingerprint density at radius 2 is 1.78 bits per heavy atom. The summed E-state index contributed by atoms with van der Waals surface area (Å²) in [6.07, 6.45) is 1.59. The third-order valence-corrected chi connectivity index (χ3v) is 3.24. The molecule has 0 saturated heterocycles. The zero-order chi connectivity index (χ0) is 16.8. The Hall–Kier alpha value is -2.69. The number of hydrogen-bond acceptors (Lipinski definition) is 4. The van der Waals surface area contributed by atoms with Crippen LogP contribution in [-0.4, -0.2) is 23.2 Å². The van der Waals surface area contributed by atoms with Crippen molar-refractivity contribution in [2.45, 2.75) is 20.8 Å². The molecule has 23 heavy (non-hydrogen) atoms. The van der Waals surface area contributed by atoms with Crippen LogP contribution < -0.4 is 10.6 Å². The van der Waals surface area contributed by atoms with E-state index in [2.05, 4.69) is 15.6 Å². The highest BCUT2D eigenvalue weighted by atomic mass is 16.1. The van der Waals surface area contributed by atoms with Crippen LogP contribution in [0.25, 0.3) is 0 Å². The molecule has 1 heterocycles. The molecular formula is C18H21N3O2. The van der Waals surface area contributed by atoms with Gasteiger partial charge in [-0.15, -0.1) is 0 Å². The van der Waals surface area contributed by atoms with E-state index in [0.717, 1.165) is 11.4 Å². The second-order valence-corrected chi connectivity index (χ2v) is 5.79. The highest BCUT2D eigenvalue weighted by molar-refractivity contribution is 5.94. The minimum atomic E-state index is -0.186. The molecule has 0 aliphatic rings. The summed E-state index contributed by atoms with van der Waals surface area (Å²) in [4.78, 5) is 27.4. The summed E-state index contributed by atoms with van der Waals surface area (Å²) in [6.45, 7) is 6.23. The topological polar surface area (TPSA) is 71.1 Å². The summed E-state index contributed by atoms with van der Waals surface area (Å²) >= 11 is 0. The van der Waals surface area contributed by atoms with E-state index in [0.29, 0.717) is 23.7 Å². The highest BCUT2D eigenvalue weighted by Gasteiger charge is 2.08. The van der Waals surface area contributed by atoms with Gasteiger partial charge in [0.05, 0.1) is 0 Å². The molecule has 0 atom stereocenters. The predicted molar refractivity (Wildman–Crippen MR) is 91.1 cm³/mol. The third kappa shape index (κ3) is 4.92. The molecule has 120 valence electrons. The van der Waals surface area contributed by atoms with Gasteiger partial charge in [-0.3, -0.25) is 14.6 Å². The number of nitrogens with one attached hydrogen (secondary N) is 2.